The third kappa shape index (κ3) is 3.64. The van der Waals surface area contributed by atoms with Gasteiger partial charge < -0.3 is 9.88 Å². The molecule has 0 aliphatic carbocycles. The normalized spacial score (nSPS) is 10.9. The van der Waals surface area contributed by atoms with Crippen LogP contribution in [-0.2, 0) is 0 Å². The molecule has 0 aliphatic heterocycles. The minimum Gasteiger partial charge on any atom is -0.322 e. The fourth-order valence-electron chi connectivity index (χ4n) is 3.42. The van der Waals surface area contributed by atoms with E-state index in [1.54, 1.807) is 47.6 Å². The maximum atomic E-state index is 14.6. The zero-order chi connectivity index (χ0) is 21.2. The number of imidazole rings is 1. The van der Waals surface area contributed by atoms with Crippen molar-refractivity contribution in [3.05, 3.63) is 103 Å². The number of amides is 1. The van der Waals surface area contributed by atoms with E-state index >= 15 is 0 Å². The summed E-state index contributed by atoms with van der Waals surface area (Å²) in [4.78, 5) is 25.9. The Kier molecular flexibility index (Phi) is 4.68. The zero-order valence-corrected chi connectivity index (χ0v) is 16.2. The molecule has 1 N–H and O–H groups in total. The quantitative estimate of drug-likeness (QED) is 0.459. The first kappa shape index (κ1) is 18.6. The fourth-order valence-corrected chi connectivity index (χ4v) is 3.42. The molecule has 5 rings (SSSR count). The molecule has 1 amide bonds. The van der Waals surface area contributed by atoms with E-state index in [1.165, 1.54) is 12.4 Å². The molecular formula is C24H16FN5O. The molecule has 0 saturated carbocycles. The average molecular weight is 409 g/mol. The Balaban J connectivity index is 1.52. The van der Waals surface area contributed by atoms with Gasteiger partial charge in [-0.3, -0.25) is 9.78 Å². The van der Waals surface area contributed by atoms with E-state index in [9.17, 15) is 9.18 Å². The van der Waals surface area contributed by atoms with Crippen molar-refractivity contribution in [3.63, 3.8) is 0 Å². The van der Waals surface area contributed by atoms with Gasteiger partial charge in [-0.15, -0.1) is 0 Å². The van der Waals surface area contributed by atoms with Crippen LogP contribution in [0.5, 0.6) is 0 Å². The van der Waals surface area contributed by atoms with Gasteiger partial charge in [0.05, 0.1) is 28.8 Å². The van der Waals surface area contributed by atoms with E-state index < -0.39 is 5.82 Å². The topological polar surface area (TPSA) is 72.7 Å². The smallest absolute Gasteiger partial charge is 0.256 e. The summed E-state index contributed by atoms with van der Waals surface area (Å²) in [6.45, 7) is 0. The molecule has 0 bridgehead atoms. The number of anilines is 1. The number of hydrogen-bond acceptors (Lipinski definition) is 4. The Labute approximate surface area is 177 Å². The van der Waals surface area contributed by atoms with Crippen LogP contribution in [0.4, 0.5) is 10.1 Å². The molecule has 0 spiro atoms. The Morgan fingerprint density at radius 1 is 0.968 bits per heavy atom. The number of para-hydroxylation sites is 1. The number of rotatable bonds is 4. The van der Waals surface area contributed by atoms with Crippen LogP contribution in [-0.4, -0.2) is 25.4 Å². The molecule has 0 fully saturated rings. The molecule has 0 radical (unpaired) electrons. The number of hydrogen-bond donors (Lipinski definition) is 1. The SMILES string of the molecule is O=C(Nc1ccc(-n2ccnc2)c(F)c1)c1cc(-c2cccnc2)nc2ccccc12. The second-order valence-corrected chi connectivity index (χ2v) is 6.90. The minimum atomic E-state index is -0.466. The third-order valence-corrected chi connectivity index (χ3v) is 4.91. The average Bonchev–Trinajstić information content (AvgIpc) is 3.33. The summed E-state index contributed by atoms with van der Waals surface area (Å²) in [5.74, 6) is -0.815. The van der Waals surface area contributed by atoms with Gasteiger partial charge >= 0.3 is 0 Å². The number of aromatic nitrogens is 4. The predicted octanol–water partition coefficient (Wildman–Crippen LogP) is 4.87. The van der Waals surface area contributed by atoms with E-state index in [0.29, 0.717) is 33.5 Å². The maximum absolute atomic E-state index is 14.6. The number of pyridine rings is 2. The van der Waals surface area contributed by atoms with Crippen molar-refractivity contribution in [2.75, 3.05) is 5.32 Å². The molecule has 5 aromatic rings. The molecule has 3 heterocycles. The number of carbonyl (C=O) groups is 1. The lowest BCUT2D eigenvalue weighted by molar-refractivity contribution is 0.102. The zero-order valence-electron chi connectivity index (χ0n) is 16.2. The number of carbonyl (C=O) groups excluding carboxylic acids is 1. The van der Waals surface area contributed by atoms with E-state index in [1.807, 2.05) is 36.4 Å². The second kappa shape index (κ2) is 7.79. The van der Waals surface area contributed by atoms with E-state index in [-0.39, 0.29) is 5.91 Å². The van der Waals surface area contributed by atoms with Crippen molar-refractivity contribution >= 4 is 22.5 Å². The molecule has 3 aromatic heterocycles. The standard InChI is InChI=1S/C24H16FN5O/c25-20-12-17(7-8-23(20)30-11-10-27-15-30)28-24(31)19-13-22(16-4-3-9-26-14-16)29-21-6-2-1-5-18(19)21/h1-15H,(H,28,31). The molecule has 6 nitrogen and oxygen atoms in total. The molecular weight excluding hydrogens is 393 g/mol. The minimum absolute atomic E-state index is 0.349. The van der Waals surface area contributed by atoms with Crippen LogP contribution in [0.2, 0.25) is 0 Å². The lowest BCUT2D eigenvalue weighted by atomic mass is 10.0. The summed E-state index contributed by atoms with van der Waals surface area (Å²) in [6.07, 6.45) is 8.12. The van der Waals surface area contributed by atoms with Gasteiger partial charge in [-0.05, 0) is 42.5 Å². The molecule has 150 valence electrons. The second-order valence-electron chi connectivity index (χ2n) is 6.90. The van der Waals surface area contributed by atoms with Gasteiger partial charge in [0.15, 0.2) is 0 Å². The van der Waals surface area contributed by atoms with Gasteiger partial charge in [-0.25, -0.2) is 14.4 Å². The molecule has 7 heteroatoms. The maximum Gasteiger partial charge on any atom is 0.256 e. The summed E-state index contributed by atoms with van der Waals surface area (Å²) in [6, 6.07) is 17.4. The van der Waals surface area contributed by atoms with Crippen LogP contribution in [0.15, 0.2) is 91.8 Å². The Bertz CT molecular complexity index is 1380. The molecule has 0 atom stereocenters. The number of benzene rings is 2. The first-order chi connectivity index (χ1) is 15.2. The lowest BCUT2D eigenvalue weighted by Crippen LogP contribution is -2.13. The molecule has 0 saturated heterocycles. The van der Waals surface area contributed by atoms with Crippen molar-refractivity contribution in [1.82, 2.24) is 19.5 Å². The largest absolute Gasteiger partial charge is 0.322 e. The van der Waals surface area contributed by atoms with Crippen molar-refractivity contribution in [1.29, 1.82) is 0 Å². The van der Waals surface area contributed by atoms with Gasteiger partial charge in [0.1, 0.15) is 5.82 Å². The predicted molar refractivity (Wildman–Crippen MR) is 116 cm³/mol. The Hall–Kier alpha value is -4.39. The summed E-state index contributed by atoms with van der Waals surface area (Å²) in [7, 11) is 0. The van der Waals surface area contributed by atoms with Gasteiger partial charge in [0.2, 0.25) is 0 Å². The fraction of sp³-hybridized carbons (Fsp3) is 0. The van der Waals surface area contributed by atoms with Crippen LogP contribution < -0.4 is 5.32 Å². The first-order valence-electron chi connectivity index (χ1n) is 9.58. The van der Waals surface area contributed by atoms with E-state index in [4.69, 9.17) is 0 Å². The van der Waals surface area contributed by atoms with Crippen LogP contribution in [0.1, 0.15) is 10.4 Å². The summed E-state index contributed by atoms with van der Waals surface area (Å²) in [5.41, 5.74) is 3.29. The number of nitrogens with zero attached hydrogens (tertiary/aromatic N) is 4. The summed E-state index contributed by atoms with van der Waals surface area (Å²) in [5, 5.41) is 3.51. The Morgan fingerprint density at radius 2 is 1.87 bits per heavy atom. The van der Waals surface area contributed by atoms with Crippen LogP contribution >= 0.6 is 0 Å². The van der Waals surface area contributed by atoms with Crippen molar-refractivity contribution < 1.29 is 9.18 Å². The van der Waals surface area contributed by atoms with Crippen LogP contribution in [0, 0.1) is 5.82 Å². The van der Waals surface area contributed by atoms with E-state index in [2.05, 4.69) is 20.3 Å². The highest BCUT2D eigenvalue weighted by Crippen LogP contribution is 2.26. The highest BCUT2D eigenvalue weighted by atomic mass is 19.1. The molecule has 31 heavy (non-hydrogen) atoms. The van der Waals surface area contributed by atoms with Gasteiger partial charge in [-0.1, -0.05) is 18.2 Å². The monoisotopic (exact) mass is 409 g/mol. The van der Waals surface area contributed by atoms with Crippen LogP contribution in [0.25, 0.3) is 27.8 Å². The van der Waals surface area contributed by atoms with Gasteiger partial charge in [-0.2, -0.15) is 0 Å². The molecule has 2 aromatic carbocycles. The number of nitrogens with one attached hydrogen (secondary N) is 1. The van der Waals surface area contributed by atoms with Crippen molar-refractivity contribution in [3.8, 4) is 16.9 Å². The van der Waals surface area contributed by atoms with Gasteiger partial charge in [0.25, 0.3) is 5.91 Å². The van der Waals surface area contributed by atoms with Crippen molar-refractivity contribution in [2.45, 2.75) is 0 Å². The molecule has 0 aliphatic rings. The van der Waals surface area contributed by atoms with Crippen molar-refractivity contribution in [2.24, 2.45) is 0 Å². The number of fused-ring (bicyclic) bond motifs is 1. The molecule has 0 unspecified atom stereocenters. The van der Waals surface area contributed by atoms with Crippen LogP contribution in [0.3, 0.4) is 0 Å². The highest BCUT2D eigenvalue weighted by Gasteiger charge is 2.15. The number of halogens is 1. The summed E-state index contributed by atoms with van der Waals surface area (Å²) >= 11 is 0. The first-order valence-corrected chi connectivity index (χ1v) is 9.58. The third-order valence-electron chi connectivity index (χ3n) is 4.91. The van der Waals surface area contributed by atoms with Gasteiger partial charge in [0, 0.05) is 41.4 Å². The lowest BCUT2D eigenvalue weighted by Gasteiger charge is -2.12. The Morgan fingerprint density at radius 3 is 2.65 bits per heavy atom. The summed E-state index contributed by atoms with van der Waals surface area (Å²) < 4.78 is 16.2. The highest BCUT2D eigenvalue weighted by molar-refractivity contribution is 6.13. The van der Waals surface area contributed by atoms with E-state index in [0.717, 1.165) is 5.56 Å².